The van der Waals surface area contributed by atoms with E-state index in [9.17, 15) is 0 Å². The lowest BCUT2D eigenvalue weighted by molar-refractivity contribution is 0.0398. The van der Waals surface area contributed by atoms with E-state index in [4.69, 9.17) is 9.47 Å². The highest BCUT2D eigenvalue weighted by atomic mass is 16.5. The lowest BCUT2D eigenvalue weighted by Gasteiger charge is -2.35. The van der Waals surface area contributed by atoms with Gasteiger partial charge < -0.3 is 14.4 Å². The third kappa shape index (κ3) is 4.10. The van der Waals surface area contributed by atoms with Crippen LogP contribution >= 0.6 is 0 Å². The van der Waals surface area contributed by atoms with Crippen LogP contribution in [0.15, 0.2) is 79.4 Å². The van der Waals surface area contributed by atoms with Crippen molar-refractivity contribution >= 4 is 11.8 Å². The highest BCUT2D eigenvalue weighted by Gasteiger charge is 2.23. The predicted octanol–water partition coefficient (Wildman–Crippen LogP) is 6.01. The highest BCUT2D eigenvalue weighted by Crippen LogP contribution is 2.30. The fraction of sp³-hybridized carbons (Fsp3) is 0.200. The molecule has 0 aliphatic carbocycles. The first-order valence-corrected chi connectivity index (χ1v) is 9.65. The Labute approximate surface area is 166 Å². The number of hydrogen-bond acceptors (Lipinski definition) is 3. The molecule has 1 fully saturated rings. The standard InChI is InChI=1S/C25H25NO2/c1-3-20-6-4-5-7-24(20)26-16-17-27-25(18-26)21-10-14-23(15-11-21)28-22-12-8-19(2)9-13-22/h3-15,25H,1,16-18H2,2H3/t25-/m1/s1. The molecule has 28 heavy (non-hydrogen) atoms. The summed E-state index contributed by atoms with van der Waals surface area (Å²) in [5, 5.41) is 0. The van der Waals surface area contributed by atoms with E-state index in [1.807, 2.05) is 36.4 Å². The molecule has 0 amide bonds. The van der Waals surface area contributed by atoms with E-state index in [1.54, 1.807) is 0 Å². The van der Waals surface area contributed by atoms with Crippen molar-refractivity contribution in [2.75, 3.05) is 24.6 Å². The minimum absolute atomic E-state index is 0.0417. The van der Waals surface area contributed by atoms with Crippen molar-refractivity contribution in [3.05, 3.63) is 96.1 Å². The fourth-order valence-electron chi connectivity index (χ4n) is 3.51. The van der Waals surface area contributed by atoms with E-state index in [0.29, 0.717) is 6.61 Å². The van der Waals surface area contributed by atoms with Crippen LogP contribution in [0.2, 0.25) is 0 Å². The fourth-order valence-corrected chi connectivity index (χ4v) is 3.51. The third-order valence-corrected chi connectivity index (χ3v) is 5.07. The Morgan fingerprint density at radius 3 is 2.36 bits per heavy atom. The second-order valence-corrected chi connectivity index (χ2v) is 7.05. The van der Waals surface area contributed by atoms with Gasteiger partial charge >= 0.3 is 0 Å². The van der Waals surface area contributed by atoms with E-state index in [2.05, 4.69) is 60.9 Å². The summed E-state index contributed by atoms with van der Waals surface area (Å²) in [6.07, 6.45) is 1.96. The number of nitrogens with zero attached hydrogens (tertiary/aromatic N) is 1. The Bertz CT molecular complexity index is 932. The summed E-state index contributed by atoms with van der Waals surface area (Å²) in [6, 6.07) is 24.7. The first kappa shape index (κ1) is 18.3. The Balaban J connectivity index is 1.46. The van der Waals surface area contributed by atoms with Crippen molar-refractivity contribution in [1.29, 1.82) is 0 Å². The number of anilines is 1. The lowest BCUT2D eigenvalue weighted by Crippen LogP contribution is -2.38. The van der Waals surface area contributed by atoms with Crippen LogP contribution < -0.4 is 9.64 Å². The molecule has 3 aromatic rings. The second kappa shape index (κ2) is 8.32. The summed E-state index contributed by atoms with van der Waals surface area (Å²) in [7, 11) is 0. The van der Waals surface area contributed by atoms with Crippen molar-refractivity contribution in [2.24, 2.45) is 0 Å². The highest BCUT2D eigenvalue weighted by molar-refractivity contribution is 5.67. The maximum Gasteiger partial charge on any atom is 0.127 e. The summed E-state index contributed by atoms with van der Waals surface area (Å²) < 4.78 is 12.0. The van der Waals surface area contributed by atoms with Gasteiger partial charge in [-0.15, -0.1) is 0 Å². The van der Waals surface area contributed by atoms with E-state index in [1.165, 1.54) is 11.3 Å². The van der Waals surface area contributed by atoms with E-state index < -0.39 is 0 Å². The minimum Gasteiger partial charge on any atom is -0.457 e. The van der Waals surface area contributed by atoms with Crippen LogP contribution in [0.25, 0.3) is 6.08 Å². The van der Waals surface area contributed by atoms with Gasteiger partial charge in [0.05, 0.1) is 6.61 Å². The van der Waals surface area contributed by atoms with Crippen molar-refractivity contribution in [2.45, 2.75) is 13.0 Å². The topological polar surface area (TPSA) is 21.7 Å². The lowest BCUT2D eigenvalue weighted by atomic mass is 10.1. The zero-order valence-corrected chi connectivity index (χ0v) is 16.2. The van der Waals surface area contributed by atoms with Crippen LogP contribution in [-0.2, 0) is 4.74 Å². The van der Waals surface area contributed by atoms with Gasteiger partial charge in [-0.2, -0.15) is 0 Å². The van der Waals surface area contributed by atoms with Gasteiger partial charge in [0.2, 0.25) is 0 Å². The Morgan fingerprint density at radius 2 is 1.64 bits per heavy atom. The molecular weight excluding hydrogens is 346 g/mol. The van der Waals surface area contributed by atoms with Gasteiger partial charge in [0.25, 0.3) is 0 Å². The quantitative estimate of drug-likeness (QED) is 0.548. The van der Waals surface area contributed by atoms with Crippen molar-refractivity contribution in [3.63, 3.8) is 0 Å². The number of morpholine rings is 1. The van der Waals surface area contributed by atoms with E-state index in [0.717, 1.165) is 35.7 Å². The largest absolute Gasteiger partial charge is 0.457 e. The summed E-state index contributed by atoms with van der Waals surface area (Å²) in [4.78, 5) is 2.38. The predicted molar refractivity (Wildman–Crippen MR) is 115 cm³/mol. The maximum atomic E-state index is 6.05. The molecule has 4 rings (SSSR count). The van der Waals surface area contributed by atoms with Crippen LogP contribution in [0.5, 0.6) is 11.5 Å². The number of benzene rings is 3. The van der Waals surface area contributed by atoms with Crippen molar-refractivity contribution in [1.82, 2.24) is 0 Å². The van der Waals surface area contributed by atoms with Crippen LogP contribution in [-0.4, -0.2) is 19.7 Å². The molecule has 1 atom stereocenters. The molecule has 0 unspecified atom stereocenters. The second-order valence-electron chi connectivity index (χ2n) is 7.05. The van der Waals surface area contributed by atoms with Crippen LogP contribution in [0.1, 0.15) is 22.8 Å². The molecule has 0 saturated carbocycles. The zero-order valence-electron chi connectivity index (χ0n) is 16.2. The average molecular weight is 371 g/mol. The molecule has 3 aromatic carbocycles. The maximum absolute atomic E-state index is 6.05. The van der Waals surface area contributed by atoms with E-state index in [-0.39, 0.29) is 6.10 Å². The average Bonchev–Trinajstić information content (AvgIpc) is 2.76. The molecule has 0 spiro atoms. The number of rotatable bonds is 5. The minimum atomic E-state index is 0.0417. The van der Waals surface area contributed by atoms with Gasteiger partial charge in [-0.1, -0.05) is 60.7 Å². The third-order valence-electron chi connectivity index (χ3n) is 5.07. The van der Waals surface area contributed by atoms with Crippen LogP contribution in [0.3, 0.4) is 0 Å². The zero-order chi connectivity index (χ0) is 19.3. The summed E-state index contributed by atoms with van der Waals surface area (Å²) in [6.45, 7) is 8.42. The Kier molecular flexibility index (Phi) is 5.45. The first-order chi connectivity index (χ1) is 13.7. The van der Waals surface area contributed by atoms with Gasteiger partial charge in [0, 0.05) is 18.8 Å². The van der Waals surface area contributed by atoms with Crippen LogP contribution in [0, 0.1) is 6.92 Å². The molecule has 1 aliphatic rings. The first-order valence-electron chi connectivity index (χ1n) is 9.65. The number of aryl methyl sites for hydroxylation is 1. The van der Waals surface area contributed by atoms with Gasteiger partial charge in [-0.05, 0) is 48.4 Å². The molecule has 0 aromatic heterocycles. The SMILES string of the molecule is C=Cc1ccccc1N1CCO[C@@H](c2ccc(Oc3ccc(C)cc3)cc2)C1. The summed E-state index contributed by atoms with van der Waals surface area (Å²) in [5.74, 6) is 1.68. The van der Waals surface area contributed by atoms with Gasteiger partial charge in [-0.3, -0.25) is 0 Å². The summed E-state index contributed by atoms with van der Waals surface area (Å²) in [5.41, 5.74) is 4.76. The molecule has 1 heterocycles. The molecular formula is C25H25NO2. The number of ether oxygens (including phenoxy) is 2. The molecule has 142 valence electrons. The van der Waals surface area contributed by atoms with E-state index >= 15 is 0 Å². The molecule has 0 N–H and O–H groups in total. The summed E-state index contributed by atoms with van der Waals surface area (Å²) >= 11 is 0. The van der Waals surface area contributed by atoms with Gasteiger partial charge in [0.15, 0.2) is 0 Å². The molecule has 1 aliphatic heterocycles. The Hall–Kier alpha value is -3.04. The molecule has 1 saturated heterocycles. The molecule has 0 radical (unpaired) electrons. The number of para-hydroxylation sites is 1. The van der Waals surface area contributed by atoms with Crippen LogP contribution in [0.4, 0.5) is 5.69 Å². The van der Waals surface area contributed by atoms with Gasteiger partial charge in [-0.25, -0.2) is 0 Å². The smallest absolute Gasteiger partial charge is 0.127 e. The van der Waals surface area contributed by atoms with Crippen molar-refractivity contribution < 1.29 is 9.47 Å². The molecule has 3 heteroatoms. The number of hydrogen-bond donors (Lipinski definition) is 0. The monoisotopic (exact) mass is 371 g/mol. The molecule has 3 nitrogen and oxygen atoms in total. The normalized spacial score (nSPS) is 16.6. The molecule has 0 bridgehead atoms. The van der Waals surface area contributed by atoms with Crippen molar-refractivity contribution in [3.8, 4) is 11.5 Å². The van der Waals surface area contributed by atoms with Gasteiger partial charge in [0.1, 0.15) is 17.6 Å². The Morgan fingerprint density at radius 1 is 0.964 bits per heavy atom.